The molecule has 2 unspecified atom stereocenters. The highest BCUT2D eigenvalue weighted by atomic mass is 32.2. The first-order valence-electron chi connectivity index (χ1n) is 10.1. The molecule has 0 saturated carbocycles. The molecule has 0 radical (unpaired) electrons. The molecular weight excluding hydrogens is 416 g/mol. The molecule has 0 saturated heterocycles. The lowest BCUT2D eigenvalue weighted by Crippen LogP contribution is -2.19. The molecule has 1 N–H and O–H groups in total. The van der Waals surface area contributed by atoms with Gasteiger partial charge >= 0.3 is 0 Å². The van der Waals surface area contributed by atoms with Crippen molar-refractivity contribution in [1.29, 1.82) is 0 Å². The smallest absolute Gasteiger partial charge is 0.219 e. The van der Waals surface area contributed by atoms with E-state index in [0.29, 0.717) is 48.8 Å². The number of hydrogen-bond donors (Lipinski definition) is 1. The van der Waals surface area contributed by atoms with Crippen LogP contribution in [0, 0.1) is 0 Å². The molecule has 7 nitrogen and oxygen atoms in total. The monoisotopic (exact) mass is 442 g/mol. The van der Waals surface area contributed by atoms with Crippen LogP contribution in [0.4, 0.5) is 0 Å². The third kappa shape index (κ3) is 6.32. The van der Waals surface area contributed by atoms with E-state index >= 15 is 0 Å². The van der Waals surface area contributed by atoms with E-state index in [1.807, 2.05) is 19.1 Å². The Morgan fingerprint density at radius 2 is 2.03 bits per heavy atom. The highest BCUT2D eigenvalue weighted by Gasteiger charge is 2.29. The van der Waals surface area contributed by atoms with Crippen molar-refractivity contribution in [3.8, 4) is 11.6 Å². The van der Waals surface area contributed by atoms with Crippen molar-refractivity contribution in [1.82, 2.24) is 4.98 Å². The molecule has 0 amide bonds. The number of carbonyl (C=O) groups excluding carboxylic acids is 1. The number of ether oxygens (including phenoxy) is 1. The zero-order valence-corrected chi connectivity index (χ0v) is 18.4. The van der Waals surface area contributed by atoms with Gasteiger partial charge in [-0.1, -0.05) is 11.2 Å². The van der Waals surface area contributed by atoms with Gasteiger partial charge in [-0.15, -0.1) is 0 Å². The Morgan fingerprint density at radius 1 is 1.26 bits per heavy atom. The first-order chi connectivity index (χ1) is 15.0. The number of allylic oxidation sites excluding steroid dienone is 2. The quantitative estimate of drug-likeness (QED) is 0.344. The Balaban J connectivity index is 1.66. The molecule has 1 aliphatic rings. The molecular formula is C23H26N2O5S. The summed E-state index contributed by atoms with van der Waals surface area (Å²) in [4.78, 5) is 22.7. The highest BCUT2D eigenvalue weighted by molar-refractivity contribution is 7.90. The fraction of sp³-hybridized carbons (Fsp3) is 0.348. The summed E-state index contributed by atoms with van der Waals surface area (Å²) in [6.45, 7) is 2.34. The summed E-state index contributed by atoms with van der Waals surface area (Å²) in [7, 11) is 0. The first-order valence-corrected chi connectivity index (χ1v) is 11.7. The number of benzene rings is 1. The number of ketones is 1. The van der Waals surface area contributed by atoms with Gasteiger partial charge in [0.1, 0.15) is 18.6 Å². The second-order valence-electron chi connectivity index (χ2n) is 7.13. The molecule has 164 valence electrons. The van der Waals surface area contributed by atoms with E-state index in [1.165, 1.54) is 0 Å². The van der Waals surface area contributed by atoms with Crippen LogP contribution in [-0.2, 0) is 20.8 Å². The summed E-state index contributed by atoms with van der Waals surface area (Å²) in [5, 5.41) is 14.2. The fourth-order valence-corrected chi connectivity index (χ4v) is 3.87. The van der Waals surface area contributed by atoms with Crippen LogP contribution >= 0.6 is 0 Å². The van der Waals surface area contributed by atoms with E-state index in [1.54, 1.807) is 42.8 Å². The van der Waals surface area contributed by atoms with Crippen LogP contribution in [0.1, 0.15) is 44.2 Å². The van der Waals surface area contributed by atoms with Gasteiger partial charge in [0.15, 0.2) is 10.7 Å². The normalized spacial score (nSPS) is 17.8. The van der Waals surface area contributed by atoms with Gasteiger partial charge in [-0.2, -0.15) is 0 Å². The van der Waals surface area contributed by atoms with Crippen LogP contribution in [0.25, 0.3) is 0 Å². The van der Waals surface area contributed by atoms with Crippen molar-refractivity contribution < 1.29 is 24.0 Å². The minimum atomic E-state index is -1.05. The third-order valence-corrected chi connectivity index (χ3v) is 5.84. The lowest BCUT2D eigenvalue weighted by Gasteiger charge is -2.23. The number of aromatic nitrogens is 1. The van der Waals surface area contributed by atoms with Gasteiger partial charge in [-0.3, -0.25) is 4.79 Å². The average Bonchev–Trinajstić information content (AvgIpc) is 2.75. The first kappa shape index (κ1) is 22.8. The van der Waals surface area contributed by atoms with Gasteiger partial charge in [-0.05, 0) is 61.3 Å². The Morgan fingerprint density at radius 3 is 2.71 bits per heavy atom. The zero-order chi connectivity index (χ0) is 22.2. The highest BCUT2D eigenvalue weighted by Crippen LogP contribution is 2.35. The van der Waals surface area contributed by atoms with E-state index < -0.39 is 11.2 Å². The van der Waals surface area contributed by atoms with Crippen LogP contribution in [0.5, 0.6) is 11.6 Å². The van der Waals surface area contributed by atoms with Gasteiger partial charge in [0, 0.05) is 42.3 Å². The number of hydrogen-bond acceptors (Lipinski definition) is 7. The Bertz CT molecular complexity index is 957. The van der Waals surface area contributed by atoms with E-state index in [4.69, 9.17) is 9.57 Å². The summed E-state index contributed by atoms with van der Waals surface area (Å²) in [5.74, 6) is 0.813. The van der Waals surface area contributed by atoms with Crippen molar-refractivity contribution in [2.24, 2.45) is 5.16 Å². The summed E-state index contributed by atoms with van der Waals surface area (Å²) in [6.07, 6.45) is 4.84. The van der Waals surface area contributed by atoms with Crippen LogP contribution in [0.3, 0.4) is 0 Å². The number of pyridine rings is 1. The second kappa shape index (κ2) is 11.0. The number of nitrogens with zero attached hydrogens (tertiary/aromatic N) is 2. The van der Waals surface area contributed by atoms with Crippen LogP contribution in [0.15, 0.2) is 63.8 Å². The lowest BCUT2D eigenvalue weighted by atomic mass is 9.83. The molecule has 31 heavy (non-hydrogen) atoms. The topological polar surface area (TPSA) is 104 Å². The second-order valence-corrected chi connectivity index (χ2v) is 8.51. The van der Waals surface area contributed by atoms with Crippen molar-refractivity contribution in [3.63, 3.8) is 0 Å². The standard InChI is InChI=1S/C23H26N2O5S/c1-3-29-24-13-5-6-19-21(26)14-16(15-22(19)27)20-7-4-8-23(25-20)30-17-9-11-18(12-10-17)31(2)28/h4,7-13,16,26H,3,5-6,14-15H2,1-2H3. The molecule has 0 spiro atoms. The Labute approximate surface area is 185 Å². The number of carbonyl (C=O) groups is 1. The molecule has 3 rings (SSSR count). The molecule has 0 bridgehead atoms. The summed E-state index contributed by atoms with van der Waals surface area (Å²) in [5.41, 5.74) is 1.15. The number of aliphatic hydroxyl groups is 1. The van der Waals surface area contributed by atoms with Crippen molar-refractivity contribution in [2.45, 2.75) is 43.4 Å². The molecule has 1 aliphatic carbocycles. The molecule has 2 aromatic rings. The van der Waals surface area contributed by atoms with Crippen LogP contribution in [-0.4, -0.2) is 39.5 Å². The van der Waals surface area contributed by atoms with Crippen LogP contribution in [0.2, 0.25) is 0 Å². The molecule has 1 aromatic carbocycles. The molecule has 1 heterocycles. The van der Waals surface area contributed by atoms with Gasteiger partial charge in [0.2, 0.25) is 5.88 Å². The number of oxime groups is 1. The summed E-state index contributed by atoms with van der Waals surface area (Å²) in [6, 6.07) is 12.4. The Hall–Kier alpha value is -2.84. The predicted molar refractivity (Wildman–Crippen MR) is 119 cm³/mol. The van der Waals surface area contributed by atoms with Crippen LogP contribution < -0.4 is 4.74 Å². The minimum absolute atomic E-state index is 0.0742. The largest absolute Gasteiger partial charge is 0.612 e. The van der Waals surface area contributed by atoms with Gasteiger partial charge in [0.25, 0.3) is 0 Å². The molecule has 0 fully saturated rings. The predicted octanol–water partition coefficient (Wildman–Crippen LogP) is 4.67. The van der Waals surface area contributed by atoms with E-state index in [0.717, 1.165) is 4.90 Å². The summed E-state index contributed by atoms with van der Waals surface area (Å²) < 4.78 is 17.3. The maximum atomic E-state index is 12.6. The number of aliphatic hydroxyl groups excluding tert-OH is 1. The van der Waals surface area contributed by atoms with Gasteiger partial charge < -0.3 is 19.2 Å². The SMILES string of the molecule is CCON=CCCC1=C(O)CC(c2cccc(Oc3ccc([S+](C)[O-])cc3)n2)CC1=O. The van der Waals surface area contributed by atoms with E-state index in [2.05, 4.69) is 10.1 Å². The average molecular weight is 443 g/mol. The lowest BCUT2D eigenvalue weighted by molar-refractivity contribution is -0.116. The van der Waals surface area contributed by atoms with Crippen molar-refractivity contribution in [3.05, 3.63) is 59.5 Å². The zero-order valence-electron chi connectivity index (χ0n) is 17.6. The van der Waals surface area contributed by atoms with Crippen molar-refractivity contribution in [2.75, 3.05) is 12.9 Å². The van der Waals surface area contributed by atoms with Gasteiger partial charge in [-0.25, -0.2) is 4.98 Å². The fourth-order valence-electron chi connectivity index (χ4n) is 3.35. The molecule has 1 aromatic heterocycles. The maximum Gasteiger partial charge on any atom is 0.219 e. The number of rotatable bonds is 9. The molecule has 2 atom stereocenters. The number of Topliss-reactive ketones (excluding diaryl/α,β-unsaturated/α-hetero) is 1. The molecule has 0 aliphatic heterocycles. The van der Waals surface area contributed by atoms with Crippen molar-refractivity contribution >= 4 is 23.2 Å². The molecule has 8 heteroatoms. The van der Waals surface area contributed by atoms with Gasteiger partial charge in [0.05, 0.1) is 5.76 Å². The third-order valence-electron chi connectivity index (χ3n) is 4.90. The summed E-state index contributed by atoms with van der Waals surface area (Å²) >= 11 is -1.05. The van der Waals surface area contributed by atoms with E-state index in [-0.39, 0.29) is 23.9 Å². The Kier molecular flexibility index (Phi) is 8.08. The maximum absolute atomic E-state index is 12.6. The minimum Gasteiger partial charge on any atom is -0.612 e. The van der Waals surface area contributed by atoms with E-state index in [9.17, 15) is 14.5 Å².